The van der Waals surface area contributed by atoms with E-state index in [-0.39, 0.29) is 0 Å². The summed E-state index contributed by atoms with van der Waals surface area (Å²) in [6, 6.07) is 3.15. The number of hydrogen-bond acceptors (Lipinski definition) is 3. The molecule has 0 saturated heterocycles. The highest BCUT2D eigenvalue weighted by Gasteiger charge is 2.10. The van der Waals surface area contributed by atoms with E-state index in [0.717, 1.165) is 0 Å². The first-order valence-electron chi connectivity index (χ1n) is 4.56. The van der Waals surface area contributed by atoms with E-state index >= 15 is 0 Å². The van der Waals surface area contributed by atoms with Gasteiger partial charge in [0, 0.05) is 0 Å². The monoisotopic (exact) mass is 385 g/mol. The Morgan fingerprint density at radius 3 is 2.33 bits per heavy atom. The Hall–Kier alpha value is -0.260. The molecule has 1 heterocycles. The Morgan fingerprint density at radius 2 is 1.61 bits per heavy atom. The van der Waals surface area contributed by atoms with Gasteiger partial charge in [0.1, 0.15) is 17.3 Å². The van der Waals surface area contributed by atoms with Crippen molar-refractivity contribution < 1.29 is 0 Å². The van der Waals surface area contributed by atoms with E-state index in [2.05, 4.69) is 31.2 Å². The van der Waals surface area contributed by atoms with E-state index in [1.807, 2.05) is 0 Å². The summed E-state index contributed by atoms with van der Waals surface area (Å²) < 4.78 is 0.536. The third-order valence-corrected chi connectivity index (χ3v) is 4.31. The van der Waals surface area contributed by atoms with Crippen molar-refractivity contribution in [1.82, 2.24) is 9.97 Å². The molecular formula is C10H4BrCl4N3. The Bertz CT molecular complexity index is 606. The Balaban J connectivity index is 2.40. The zero-order valence-electron chi connectivity index (χ0n) is 8.52. The van der Waals surface area contributed by atoms with E-state index in [1.54, 1.807) is 12.1 Å². The summed E-state index contributed by atoms with van der Waals surface area (Å²) in [6.45, 7) is 0. The number of nitrogens with zero attached hydrogens (tertiary/aromatic N) is 2. The van der Waals surface area contributed by atoms with Crippen molar-refractivity contribution in [2.75, 3.05) is 5.32 Å². The standard InChI is InChI=1S/C10H4BrCl4N3/c11-8-9(15)16-3-17-10(8)18-7-2-5(13)4(12)1-6(7)14/h1-3H,(H,16,17,18). The van der Waals surface area contributed by atoms with Crippen LogP contribution >= 0.6 is 62.3 Å². The molecule has 8 heteroatoms. The van der Waals surface area contributed by atoms with Crippen LogP contribution in [0.4, 0.5) is 11.5 Å². The molecule has 18 heavy (non-hydrogen) atoms. The third kappa shape index (κ3) is 3.00. The van der Waals surface area contributed by atoms with Crippen molar-refractivity contribution >= 4 is 73.8 Å². The topological polar surface area (TPSA) is 37.8 Å². The molecule has 0 bridgehead atoms. The second-order valence-corrected chi connectivity index (χ2v) is 5.57. The van der Waals surface area contributed by atoms with Crippen LogP contribution < -0.4 is 5.32 Å². The van der Waals surface area contributed by atoms with E-state index in [1.165, 1.54) is 6.33 Å². The molecule has 0 spiro atoms. The summed E-state index contributed by atoms with van der Waals surface area (Å²) in [4.78, 5) is 7.86. The summed E-state index contributed by atoms with van der Waals surface area (Å²) in [5, 5.41) is 4.48. The minimum absolute atomic E-state index is 0.295. The fraction of sp³-hybridized carbons (Fsp3) is 0. The third-order valence-electron chi connectivity index (χ3n) is 2.01. The van der Waals surface area contributed by atoms with Gasteiger partial charge in [-0.1, -0.05) is 46.4 Å². The lowest BCUT2D eigenvalue weighted by molar-refractivity contribution is 1.15. The molecule has 1 N–H and O–H groups in total. The normalized spacial score (nSPS) is 10.5. The Labute approximate surface area is 132 Å². The molecule has 0 aliphatic carbocycles. The summed E-state index contributed by atoms with van der Waals surface area (Å²) in [7, 11) is 0. The van der Waals surface area contributed by atoms with Crippen molar-refractivity contribution in [3.63, 3.8) is 0 Å². The van der Waals surface area contributed by atoms with Crippen LogP contribution in [0.3, 0.4) is 0 Å². The predicted octanol–water partition coefficient (Wildman–Crippen LogP) is 5.60. The molecule has 2 rings (SSSR count). The van der Waals surface area contributed by atoms with E-state index in [9.17, 15) is 0 Å². The summed E-state index contributed by atoms with van der Waals surface area (Å²) in [6.07, 6.45) is 1.33. The largest absolute Gasteiger partial charge is 0.338 e. The second kappa shape index (κ2) is 5.80. The SMILES string of the molecule is Clc1cc(Cl)c(Nc2ncnc(Cl)c2Br)cc1Cl. The van der Waals surface area contributed by atoms with E-state index in [0.29, 0.717) is 36.2 Å². The highest BCUT2D eigenvalue weighted by molar-refractivity contribution is 9.10. The van der Waals surface area contributed by atoms with Crippen LogP contribution in [0.15, 0.2) is 22.9 Å². The average Bonchev–Trinajstić information content (AvgIpc) is 2.32. The number of anilines is 2. The van der Waals surface area contributed by atoms with Gasteiger partial charge in [-0.05, 0) is 28.1 Å². The quantitative estimate of drug-likeness (QED) is 0.538. The van der Waals surface area contributed by atoms with Crippen LogP contribution in [0.1, 0.15) is 0 Å². The molecule has 1 aromatic heterocycles. The molecule has 1 aromatic carbocycles. The van der Waals surface area contributed by atoms with Gasteiger partial charge in [-0.15, -0.1) is 0 Å². The average molecular weight is 388 g/mol. The number of hydrogen-bond donors (Lipinski definition) is 1. The molecule has 0 saturated carbocycles. The van der Waals surface area contributed by atoms with E-state index < -0.39 is 0 Å². The molecule has 0 aliphatic rings. The lowest BCUT2D eigenvalue weighted by Crippen LogP contribution is -1.97. The van der Waals surface area contributed by atoms with Crippen LogP contribution in [0.2, 0.25) is 20.2 Å². The minimum Gasteiger partial charge on any atom is -0.338 e. The molecule has 0 amide bonds. The molecule has 94 valence electrons. The zero-order valence-corrected chi connectivity index (χ0v) is 13.1. The molecule has 3 nitrogen and oxygen atoms in total. The fourth-order valence-electron chi connectivity index (χ4n) is 1.18. The Morgan fingerprint density at radius 1 is 0.944 bits per heavy atom. The molecule has 0 unspecified atom stereocenters. The molecular weight excluding hydrogens is 384 g/mol. The number of rotatable bonds is 2. The molecule has 2 aromatic rings. The van der Waals surface area contributed by atoms with Crippen molar-refractivity contribution in [3.8, 4) is 0 Å². The molecule has 0 fully saturated rings. The summed E-state index contributed by atoms with van der Waals surface area (Å²) in [5.41, 5.74) is 0.571. The van der Waals surface area contributed by atoms with Gasteiger partial charge >= 0.3 is 0 Å². The molecule has 0 radical (unpaired) electrons. The number of benzene rings is 1. The first kappa shape index (κ1) is 14.2. The van der Waals surface area contributed by atoms with Gasteiger partial charge in [0.2, 0.25) is 0 Å². The van der Waals surface area contributed by atoms with Crippen molar-refractivity contribution in [1.29, 1.82) is 0 Å². The lowest BCUT2D eigenvalue weighted by Gasteiger charge is -2.10. The van der Waals surface area contributed by atoms with E-state index in [4.69, 9.17) is 46.4 Å². The second-order valence-electron chi connectivity index (χ2n) is 3.20. The number of aromatic nitrogens is 2. The summed E-state index contributed by atoms with van der Waals surface area (Å²) in [5.74, 6) is 0.482. The van der Waals surface area contributed by atoms with Crippen LogP contribution in [0.25, 0.3) is 0 Å². The van der Waals surface area contributed by atoms with Gasteiger partial charge in [0.05, 0.1) is 25.2 Å². The summed E-state index contributed by atoms with van der Waals surface area (Å²) >= 11 is 26.9. The maximum Gasteiger partial charge on any atom is 0.149 e. The van der Waals surface area contributed by atoms with Crippen molar-refractivity contribution in [2.45, 2.75) is 0 Å². The number of nitrogens with one attached hydrogen (secondary N) is 1. The van der Waals surface area contributed by atoms with Crippen molar-refractivity contribution in [3.05, 3.63) is 43.2 Å². The lowest BCUT2D eigenvalue weighted by atomic mass is 10.3. The van der Waals surface area contributed by atoms with Gasteiger partial charge in [-0.2, -0.15) is 0 Å². The van der Waals surface area contributed by atoms with Crippen LogP contribution in [-0.4, -0.2) is 9.97 Å². The fourth-order valence-corrected chi connectivity index (χ4v) is 2.21. The zero-order chi connectivity index (χ0) is 13.3. The van der Waals surface area contributed by atoms with Gasteiger partial charge in [-0.25, -0.2) is 9.97 Å². The van der Waals surface area contributed by atoms with Crippen LogP contribution in [0.5, 0.6) is 0 Å². The smallest absolute Gasteiger partial charge is 0.149 e. The highest BCUT2D eigenvalue weighted by Crippen LogP contribution is 2.35. The maximum absolute atomic E-state index is 6.05. The van der Waals surface area contributed by atoms with Crippen LogP contribution in [-0.2, 0) is 0 Å². The first-order chi connectivity index (χ1) is 8.49. The Kier molecular flexibility index (Phi) is 4.56. The predicted molar refractivity (Wildman–Crippen MR) is 79.5 cm³/mol. The van der Waals surface area contributed by atoms with Gasteiger partial charge in [0.25, 0.3) is 0 Å². The van der Waals surface area contributed by atoms with Crippen LogP contribution in [0, 0.1) is 0 Å². The van der Waals surface area contributed by atoms with Crippen molar-refractivity contribution in [2.24, 2.45) is 0 Å². The minimum atomic E-state index is 0.295. The van der Waals surface area contributed by atoms with Gasteiger partial charge in [0.15, 0.2) is 0 Å². The number of halogens is 5. The first-order valence-corrected chi connectivity index (χ1v) is 6.87. The maximum atomic E-state index is 6.05. The molecule has 0 atom stereocenters. The molecule has 0 aliphatic heterocycles. The van der Waals surface area contributed by atoms with Gasteiger partial charge in [-0.3, -0.25) is 0 Å². The van der Waals surface area contributed by atoms with Gasteiger partial charge < -0.3 is 5.32 Å². The highest BCUT2D eigenvalue weighted by atomic mass is 79.9.